The lowest BCUT2D eigenvalue weighted by Gasteiger charge is -2.29. The van der Waals surface area contributed by atoms with Crippen molar-refractivity contribution in [3.63, 3.8) is 0 Å². The maximum atomic E-state index is 4.60. The molecule has 1 saturated heterocycles. The van der Waals surface area contributed by atoms with Gasteiger partial charge in [-0.1, -0.05) is 43.3 Å². The van der Waals surface area contributed by atoms with E-state index in [9.17, 15) is 0 Å². The number of rotatable bonds is 3. The topological polar surface area (TPSA) is 16.1 Å². The first-order valence-corrected chi connectivity index (χ1v) is 8.94. The van der Waals surface area contributed by atoms with Gasteiger partial charge in [-0.2, -0.15) is 0 Å². The van der Waals surface area contributed by atoms with E-state index in [-0.39, 0.29) is 0 Å². The maximum Gasteiger partial charge on any atom is 0.0550 e. The number of fused-ring (bicyclic) bond motifs is 1. The molecule has 1 aliphatic rings. The van der Waals surface area contributed by atoms with Gasteiger partial charge in [-0.3, -0.25) is 9.88 Å². The normalized spacial score (nSPS) is 16.5. The smallest absolute Gasteiger partial charge is 0.0550 e. The van der Waals surface area contributed by atoms with Crippen molar-refractivity contribution in [2.45, 2.75) is 26.3 Å². The summed E-state index contributed by atoms with van der Waals surface area (Å²) in [4.78, 5) is 7.13. The molecular formula is C22H24N2. The largest absolute Gasteiger partial charge is 0.297 e. The summed E-state index contributed by atoms with van der Waals surface area (Å²) >= 11 is 0. The van der Waals surface area contributed by atoms with E-state index in [1.165, 1.54) is 53.5 Å². The minimum absolute atomic E-state index is 0.873. The molecule has 0 unspecified atom stereocenters. The SMILES string of the molecule is CC1CCN(Cc2cc(-c3ccc4ccccc4c3)ccn2)CC1. The number of piperidine rings is 1. The average Bonchev–Trinajstić information content (AvgIpc) is 2.63. The van der Waals surface area contributed by atoms with Crippen LogP contribution in [0.15, 0.2) is 60.8 Å². The molecule has 1 fully saturated rings. The summed E-state index contributed by atoms with van der Waals surface area (Å²) in [5.41, 5.74) is 3.70. The van der Waals surface area contributed by atoms with Crippen LogP contribution in [0.4, 0.5) is 0 Å². The van der Waals surface area contributed by atoms with Crippen LogP contribution < -0.4 is 0 Å². The van der Waals surface area contributed by atoms with E-state index in [0.29, 0.717) is 0 Å². The second-order valence-electron chi connectivity index (χ2n) is 7.06. The van der Waals surface area contributed by atoms with Gasteiger partial charge in [0.05, 0.1) is 5.69 Å². The summed E-state index contributed by atoms with van der Waals surface area (Å²) in [5, 5.41) is 2.58. The van der Waals surface area contributed by atoms with E-state index in [1.807, 2.05) is 6.20 Å². The quantitative estimate of drug-likeness (QED) is 0.665. The monoisotopic (exact) mass is 316 g/mol. The van der Waals surface area contributed by atoms with Crippen molar-refractivity contribution >= 4 is 10.8 Å². The van der Waals surface area contributed by atoms with Gasteiger partial charge in [0.15, 0.2) is 0 Å². The zero-order chi connectivity index (χ0) is 16.4. The third kappa shape index (κ3) is 3.34. The lowest BCUT2D eigenvalue weighted by molar-refractivity contribution is 0.183. The van der Waals surface area contributed by atoms with E-state index in [0.717, 1.165) is 12.5 Å². The Hall–Kier alpha value is -2.19. The molecule has 0 N–H and O–H groups in total. The summed E-state index contributed by atoms with van der Waals surface area (Å²) in [7, 11) is 0. The van der Waals surface area contributed by atoms with Crippen LogP contribution in [0.25, 0.3) is 21.9 Å². The Morgan fingerprint density at radius 2 is 1.67 bits per heavy atom. The van der Waals surface area contributed by atoms with Crippen LogP contribution in [0.1, 0.15) is 25.5 Å². The van der Waals surface area contributed by atoms with Crippen molar-refractivity contribution in [2.75, 3.05) is 13.1 Å². The molecule has 0 atom stereocenters. The number of likely N-dealkylation sites (tertiary alicyclic amines) is 1. The number of hydrogen-bond donors (Lipinski definition) is 0. The molecule has 24 heavy (non-hydrogen) atoms. The highest BCUT2D eigenvalue weighted by Crippen LogP contribution is 2.25. The van der Waals surface area contributed by atoms with Gasteiger partial charge in [0.2, 0.25) is 0 Å². The van der Waals surface area contributed by atoms with Crippen molar-refractivity contribution in [2.24, 2.45) is 5.92 Å². The van der Waals surface area contributed by atoms with Crippen molar-refractivity contribution in [3.8, 4) is 11.1 Å². The molecule has 2 heterocycles. The van der Waals surface area contributed by atoms with Gasteiger partial charge in [0, 0.05) is 12.7 Å². The van der Waals surface area contributed by atoms with Crippen molar-refractivity contribution in [3.05, 3.63) is 66.5 Å². The number of benzene rings is 2. The van der Waals surface area contributed by atoms with E-state index >= 15 is 0 Å². The van der Waals surface area contributed by atoms with Gasteiger partial charge >= 0.3 is 0 Å². The van der Waals surface area contributed by atoms with Crippen LogP contribution in [0.5, 0.6) is 0 Å². The first-order chi connectivity index (χ1) is 11.8. The van der Waals surface area contributed by atoms with E-state index in [2.05, 4.69) is 71.4 Å². The van der Waals surface area contributed by atoms with E-state index in [4.69, 9.17) is 0 Å². The first-order valence-electron chi connectivity index (χ1n) is 8.94. The Kier molecular flexibility index (Phi) is 4.31. The summed E-state index contributed by atoms with van der Waals surface area (Å²) in [6.07, 6.45) is 4.57. The standard InChI is InChI=1S/C22H24N2/c1-17-9-12-24(13-10-17)16-22-15-21(8-11-23-22)20-7-6-18-4-2-3-5-19(18)14-20/h2-8,11,14-15,17H,9-10,12-13,16H2,1H3. The number of aromatic nitrogens is 1. The molecule has 0 aliphatic carbocycles. The Morgan fingerprint density at radius 3 is 2.50 bits per heavy atom. The number of pyridine rings is 1. The summed E-state index contributed by atoms with van der Waals surface area (Å²) in [6.45, 7) is 5.72. The predicted molar refractivity (Wildman–Crippen MR) is 101 cm³/mol. The molecule has 0 saturated carbocycles. The highest BCUT2D eigenvalue weighted by Gasteiger charge is 2.16. The molecule has 4 rings (SSSR count). The third-order valence-corrected chi connectivity index (χ3v) is 5.16. The van der Waals surface area contributed by atoms with Crippen LogP contribution in [0, 0.1) is 5.92 Å². The molecule has 2 aromatic carbocycles. The fourth-order valence-electron chi connectivity index (χ4n) is 3.56. The number of hydrogen-bond acceptors (Lipinski definition) is 2. The minimum Gasteiger partial charge on any atom is -0.297 e. The predicted octanol–water partition coefficient (Wildman–Crippen LogP) is 5.13. The van der Waals surface area contributed by atoms with Crippen LogP contribution in [0.3, 0.4) is 0 Å². The van der Waals surface area contributed by atoms with E-state index in [1.54, 1.807) is 0 Å². The van der Waals surface area contributed by atoms with Crippen molar-refractivity contribution in [1.82, 2.24) is 9.88 Å². The zero-order valence-electron chi connectivity index (χ0n) is 14.3. The summed E-state index contributed by atoms with van der Waals surface area (Å²) in [5.74, 6) is 0.873. The third-order valence-electron chi connectivity index (χ3n) is 5.16. The Balaban J connectivity index is 1.57. The second-order valence-corrected chi connectivity index (χ2v) is 7.06. The Labute approximate surface area is 144 Å². The molecule has 122 valence electrons. The first kappa shape index (κ1) is 15.3. The molecular weight excluding hydrogens is 292 g/mol. The molecule has 0 radical (unpaired) electrons. The molecule has 0 bridgehead atoms. The molecule has 3 aromatic rings. The second kappa shape index (κ2) is 6.74. The highest BCUT2D eigenvalue weighted by molar-refractivity contribution is 5.87. The Morgan fingerprint density at radius 1 is 0.917 bits per heavy atom. The number of nitrogens with zero attached hydrogens (tertiary/aromatic N) is 2. The van der Waals surface area contributed by atoms with Gasteiger partial charge < -0.3 is 0 Å². The van der Waals surface area contributed by atoms with E-state index < -0.39 is 0 Å². The Bertz CT molecular complexity index is 832. The molecule has 1 aliphatic heterocycles. The molecule has 2 nitrogen and oxygen atoms in total. The molecule has 2 heteroatoms. The highest BCUT2D eigenvalue weighted by atomic mass is 15.1. The van der Waals surface area contributed by atoms with Gasteiger partial charge in [-0.15, -0.1) is 0 Å². The van der Waals surface area contributed by atoms with Crippen molar-refractivity contribution in [1.29, 1.82) is 0 Å². The summed E-state index contributed by atoms with van der Waals surface area (Å²) in [6, 6.07) is 19.6. The van der Waals surface area contributed by atoms with Crippen LogP contribution >= 0.6 is 0 Å². The molecule has 0 amide bonds. The zero-order valence-corrected chi connectivity index (χ0v) is 14.3. The fourth-order valence-corrected chi connectivity index (χ4v) is 3.56. The van der Waals surface area contributed by atoms with Gasteiger partial charge in [0.1, 0.15) is 0 Å². The average molecular weight is 316 g/mol. The molecule has 0 spiro atoms. The van der Waals surface area contributed by atoms with Crippen LogP contribution in [-0.4, -0.2) is 23.0 Å². The maximum absolute atomic E-state index is 4.60. The van der Waals surface area contributed by atoms with Gasteiger partial charge in [0.25, 0.3) is 0 Å². The van der Waals surface area contributed by atoms with Crippen molar-refractivity contribution < 1.29 is 0 Å². The van der Waals surface area contributed by atoms with Gasteiger partial charge in [-0.25, -0.2) is 0 Å². The van der Waals surface area contributed by atoms with Crippen LogP contribution in [-0.2, 0) is 6.54 Å². The lowest BCUT2D eigenvalue weighted by atomic mass is 9.99. The summed E-state index contributed by atoms with van der Waals surface area (Å²) < 4.78 is 0. The molecule has 1 aromatic heterocycles. The minimum atomic E-state index is 0.873. The van der Waals surface area contributed by atoms with Crippen LogP contribution in [0.2, 0.25) is 0 Å². The lowest BCUT2D eigenvalue weighted by Crippen LogP contribution is -2.32. The fraction of sp³-hybridized carbons (Fsp3) is 0.318. The van der Waals surface area contributed by atoms with Gasteiger partial charge in [-0.05, 0) is 71.9 Å².